The van der Waals surface area contributed by atoms with E-state index in [0.717, 1.165) is 0 Å². The van der Waals surface area contributed by atoms with E-state index in [1.807, 2.05) is 0 Å². The van der Waals surface area contributed by atoms with Gasteiger partial charge in [0.15, 0.2) is 3.42 Å². The highest BCUT2D eigenvalue weighted by atomic mass is 35.6. The van der Waals surface area contributed by atoms with Gasteiger partial charge in [0.05, 0.1) is 0 Å². The highest BCUT2D eigenvalue weighted by Crippen LogP contribution is 2.22. The molecule has 0 N–H and O–H groups in total. The lowest BCUT2D eigenvalue weighted by Gasteiger charge is -1.99. The summed E-state index contributed by atoms with van der Waals surface area (Å²) < 4.78 is -1.20. The molecule has 0 radical (unpaired) electrons. The molecular weight excluding hydrogens is 186 g/mol. The molecule has 8 heavy (non-hydrogen) atoms. The van der Waals surface area contributed by atoms with Crippen molar-refractivity contribution in [3.8, 4) is 0 Å². The quantitative estimate of drug-likeness (QED) is 0.192. The maximum atomic E-state index is 7.86. The maximum Gasteiger partial charge on any atom is 0.224 e. The maximum absolute atomic E-state index is 7.86. The van der Waals surface area contributed by atoms with E-state index < -0.39 is 12.9 Å². The number of hydrogen-bond acceptors (Lipinski definition) is 0. The van der Waals surface area contributed by atoms with Gasteiger partial charge in [-0.1, -0.05) is 34.8 Å². The van der Waals surface area contributed by atoms with Crippen LogP contribution in [0.3, 0.4) is 0 Å². The Morgan fingerprint density at radius 3 is 2.12 bits per heavy atom. The predicted molar refractivity (Wildman–Crippen MR) is 38.5 cm³/mol. The molecule has 0 saturated carbocycles. The predicted octanol–water partition coefficient (Wildman–Crippen LogP) is 0.741. The lowest BCUT2D eigenvalue weighted by atomic mass is 11.7. The Morgan fingerprint density at radius 2 is 2.00 bits per heavy atom. The van der Waals surface area contributed by atoms with Gasteiger partial charge in [-0.15, -0.1) is 0 Å². The Labute approximate surface area is 64.2 Å². The molecule has 0 amide bonds. The molecular formula is C2H3Cl3N2Si. The SMILES string of the molecule is [N-]=[N+]=C[SiH2]C(Cl)(Cl)Cl. The van der Waals surface area contributed by atoms with Gasteiger partial charge in [0.25, 0.3) is 0 Å². The van der Waals surface area contributed by atoms with Crippen molar-refractivity contribution in [3.63, 3.8) is 0 Å². The molecule has 0 aromatic heterocycles. The average molecular weight is 190 g/mol. The zero-order chi connectivity index (χ0) is 6.62. The lowest BCUT2D eigenvalue weighted by Crippen LogP contribution is -2.15. The third-order valence-corrected chi connectivity index (χ3v) is 2.60. The molecule has 0 aliphatic heterocycles. The minimum absolute atomic E-state index is 0.996. The van der Waals surface area contributed by atoms with Crippen LogP contribution in [0.15, 0.2) is 0 Å². The Balaban J connectivity index is 3.55. The highest BCUT2D eigenvalue weighted by Gasteiger charge is 2.20. The van der Waals surface area contributed by atoms with E-state index in [4.69, 9.17) is 40.3 Å². The highest BCUT2D eigenvalue weighted by molar-refractivity contribution is 6.96. The summed E-state index contributed by atoms with van der Waals surface area (Å²) in [4.78, 5) is 2.70. The molecule has 0 aliphatic rings. The van der Waals surface area contributed by atoms with Gasteiger partial charge in [0.2, 0.25) is 15.4 Å². The van der Waals surface area contributed by atoms with Crippen LogP contribution in [0.2, 0.25) is 0 Å². The van der Waals surface area contributed by atoms with Crippen LogP contribution in [0.4, 0.5) is 0 Å². The average Bonchev–Trinajstić information content (AvgIpc) is 1.59. The summed E-state index contributed by atoms with van der Waals surface area (Å²) in [5.74, 6) is 1.26. The monoisotopic (exact) mass is 188 g/mol. The van der Waals surface area contributed by atoms with Gasteiger partial charge in [-0.25, -0.2) is 0 Å². The molecule has 0 unspecified atom stereocenters. The summed E-state index contributed by atoms with van der Waals surface area (Å²) in [6.45, 7) is 0. The summed E-state index contributed by atoms with van der Waals surface area (Å²) in [6, 6.07) is 0. The Morgan fingerprint density at radius 1 is 1.50 bits per heavy atom. The molecule has 6 heteroatoms. The Hall–Kier alpha value is 0.467. The second kappa shape index (κ2) is 3.48. The van der Waals surface area contributed by atoms with Gasteiger partial charge in [-0.3, -0.25) is 0 Å². The fourth-order valence-corrected chi connectivity index (χ4v) is 1.05. The molecule has 0 aromatic carbocycles. The largest absolute Gasteiger partial charge is 0.363 e. The van der Waals surface area contributed by atoms with Crippen LogP contribution >= 0.6 is 34.8 Å². The van der Waals surface area contributed by atoms with Crippen molar-refractivity contribution in [1.29, 1.82) is 0 Å². The van der Waals surface area contributed by atoms with Crippen molar-refractivity contribution in [3.05, 3.63) is 5.53 Å². The molecule has 0 aromatic rings. The molecule has 0 saturated heterocycles. The zero-order valence-corrected chi connectivity index (χ0v) is 7.49. The van der Waals surface area contributed by atoms with Gasteiger partial charge in [-0.05, 0) is 0 Å². The van der Waals surface area contributed by atoms with Crippen molar-refractivity contribution >= 4 is 50.2 Å². The summed E-state index contributed by atoms with van der Waals surface area (Å²) in [5.41, 5.74) is 7.86. The van der Waals surface area contributed by atoms with Crippen molar-refractivity contribution in [2.45, 2.75) is 3.42 Å². The Bertz CT molecular complexity index is 113. The van der Waals surface area contributed by atoms with E-state index >= 15 is 0 Å². The summed E-state index contributed by atoms with van der Waals surface area (Å²) in [6.07, 6.45) is 0. The standard InChI is InChI=1S/C2H3Cl3N2Si/c3-2(4,5)8-1-7-6/h1H,8H2. The molecule has 0 fully saturated rings. The first-order valence-corrected chi connectivity index (χ1v) is 4.44. The summed E-state index contributed by atoms with van der Waals surface area (Å²) in [5, 5.41) is 0. The normalized spacial score (nSPS) is 11.9. The van der Waals surface area contributed by atoms with Crippen LogP contribution in [0.5, 0.6) is 0 Å². The first-order valence-electron chi connectivity index (χ1n) is 1.79. The minimum atomic E-state index is -1.20. The molecule has 0 heterocycles. The Kier molecular flexibility index (Phi) is 3.69. The van der Waals surface area contributed by atoms with Crippen LogP contribution < -0.4 is 0 Å². The molecule has 2 nitrogen and oxygen atoms in total. The topological polar surface area (TPSA) is 36.4 Å². The fraction of sp³-hybridized carbons (Fsp3) is 0.500. The molecule has 0 bridgehead atoms. The van der Waals surface area contributed by atoms with Gasteiger partial charge >= 0.3 is 0 Å². The fourth-order valence-electron chi connectivity index (χ4n) is 0.144. The van der Waals surface area contributed by atoms with Gasteiger partial charge in [0.1, 0.15) is 0 Å². The van der Waals surface area contributed by atoms with Crippen LogP contribution in [0, 0.1) is 0 Å². The number of hydrogen-bond donors (Lipinski definition) is 0. The second-order valence-electron chi connectivity index (χ2n) is 1.12. The lowest BCUT2D eigenvalue weighted by molar-refractivity contribution is 0.00738. The van der Waals surface area contributed by atoms with E-state index in [1.165, 1.54) is 5.84 Å². The molecule has 0 atom stereocenters. The van der Waals surface area contributed by atoms with Crippen LogP contribution in [0.25, 0.3) is 5.53 Å². The van der Waals surface area contributed by atoms with E-state index in [-0.39, 0.29) is 0 Å². The summed E-state index contributed by atoms with van der Waals surface area (Å²) in [7, 11) is -0.996. The van der Waals surface area contributed by atoms with Crippen molar-refractivity contribution in [2.75, 3.05) is 0 Å². The van der Waals surface area contributed by atoms with Crippen molar-refractivity contribution in [1.82, 2.24) is 0 Å². The molecule has 0 spiro atoms. The smallest absolute Gasteiger partial charge is 0.224 e. The molecule has 0 rings (SSSR count). The number of rotatable bonds is 1. The van der Waals surface area contributed by atoms with E-state index in [0.29, 0.717) is 0 Å². The van der Waals surface area contributed by atoms with E-state index in [1.54, 1.807) is 0 Å². The second-order valence-corrected chi connectivity index (χ2v) is 6.81. The number of alkyl halides is 3. The third-order valence-electron chi connectivity index (χ3n) is 0.404. The van der Waals surface area contributed by atoms with Crippen LogP contribution in [-0.2, 0) is 0 Å². The van der Waals surface area contributed by atoms with E-state index in [9.17, 15) is 0 Å². The van der Waals surface area contributed by atoms with Crippen molar-refractivity contribution in [2.24, 2.45) is 0 Å². The number of nitrogens with zero attached hydrogens (tertiary/aromatic N) is 2. The summed E-state index contributed by atoms with van der Waals surface area (Å²) >= 11 is 15.9. The molecule has 0 aliphatic carbocycles. The first kappa shape index (κ1) is 8.47. The minimum Gasteiger partial charge on any atom is -0.363 e. The number of halogens is 3. The van der Waals surface area contributed by atoms with Crippen LogP contribution in [-0.4, -0.2) is 23.6 Å². The third kappa shape index (κ3) is 6.47. The van der Waals surface area contributed by atoms with Crippen molar-refractivity contribution < 1.29 is 4.79 Å². The van der Waals surface area contributed by atoms with Gasteiger partial charge < -0.3 is 5.53 Å². The van der Waals surface area contributed by atoms with Gasteiger partial charge in [0, 0.05) is 0 Å². The van der Waals surface area contributed by atoms with E-state index in [2.05, 4.69) is 4.79 Å². The van der Waals surface area contributed by atoms with Gasteiger partial charge in [-0.2, -0.15) is 4.79 Å². The molecule has 46 valence electrons. The van der Waals surface area contributed by atoms with Crippen LogP contribution in [0.1, 0.15) is 0 Å². The first-order chi connectivity index (χ1) is 3.56. The zero-order valence-electron chi connectivity index (χ0n) is 3.81.